The Balaban J connectivity index is 1.39. The monoisotopic (exact) mass is 498 g/mol. The van der Waals surface area contributed by atoms with Crippen LogP contribution in [0.4, 0.5) is 0 Å². The first-order valence-electron chi connectivity index (χ1n) is 11.6. The average molecular weight is 499 g/mol. The molecule has 7 nitrogen and oxygen atoms in total. The molecule has 0 fully saturated rings. The van der Waals surface area contributed by atoms with Crippen molar-refractivity contribution < 1.29 is 13.2 Å². The highest BCUT2D eigenvalue weighted by atomic mass is 32.2. The van der Waals surface area contributed by atoms with E-state index in [-0.39, 0.29) is 17.9 Å². The van der Waals surface area contributed by atoms with Crippen LogP contribution >= 0.6 is 0 Å². The van der Waals surface area contributed by atoms with E-state index in [0.717, 1.165) is 27.4 Å². The number of nitrogens with zero attached hydrogens (tertiary/aromatic N) is 2. The van der Waals surface area contributed by atoms with E-state index < -0.39 is 22.0 Å². The summed E-state index contributed by atoms with van der Waals surface area (Å²) in [6.45, 7) is 0.174. The zero-order valence-electron chi connectivity index (χ0n) is 19.8. The third kappa shape index (κ3) is 5.00. The molecule has 0 bridgehead atoms. The Morgan fingerprint density at radius 1 is 0.889 bits per heavy atom. The van der Waals surface area contributed by atoms with Crippen LogP contribution in [0.2, 0.25) is 0 Å². The zero-order valence-corrected chi connectivity index (χ0v) is 20.6. The number of benzene rings is 4. The fraction of sp³-hybridized carbons (Fsp3) is 0.143. The molecule has 0 radical (unpaired) electrons. The van der Waals surface area contributed by atoms with Crippen LogP contribution < -0.4 is 10.0 Å². The Kier molecular flexibility index (Phi) is 6.54. The Hall–Kier alpha value is -4.01. The number of rotatable bonds is 8. The number of hydrogen-bond acceptors (Lipinski definition) is 4. The molecule has 1 amide bonds. The van der Waals surface area contributed by atoms with Crippen molar-refractivity contribution in [3.05, 3.63) is 108 Å². The Morgan fingerprint density at radius 3 is 2.36 bits per heavy atom. The highest BCUT2D eigenvalue weighted by Crippen LogP contribution is 2.20. The minimum Gasteiger partial charge on any atom is -0.347 e. The number of hydrogen-bond donors (Lipinski definition) is 2. The van der Waals surface area contributed by atoms with Crippen molar-refractivity contribution in [2.75, 3.05) is 0 Å². The molecule has 0 unspecified atom stereocenters. The largest absolute Gasteiger partial charge is 0.347 e. The Bertz CT molecular complexity index is 1650. The van der Waals surface area contributed by atoms with Gasteiger partial charge in [-0.1, -0.05) is 72.8 Å². The lowest BCUT2D eigenvalue weighted by Gasteiger charge is -2.19. The van der Waals surface area contributed by atoms with Gasteiger partial charge in [-0.05, 0) is 47.0 Å². The summed E-state index contributed by atoms with van der Waals surface area (Å²) in [4.78, 5) is 18.0. The number of para-hydroxylation sites is 2. The fourth-order valence-electron chi connectivity index (χ4n) is 4.27. The highest BCUT2D eigenvalue weighted by Gasteiger charge is 2.26. The summed E-state index contributed by atoms with van der Waals surface area (Å²) in [5.41, 5.74) is 2.64. The van der Waals surface area contributed by atoms with E-state index >= 15 is 0 Å². The average Bonchev–Trinajstić information content (AvgIpc) is 3.22. The molecule has 0 saturated heterocycles. The normalized spacial score (nSPS) is 12.6. The molecule has 0 aliphatic carbocycles. The maximum atomic E-state index is 13.3. The van der Waals surface area contributed by atoms with Gasteiger partial charge in [0.25, 0.3) is 0 Å². The second kappa shape index (κ2) is 9.93. The van der Waals surface area contributed by atoms with Crippen molar-refractivity contribution in [2.45, 2.75) is 23.9 Å². The predicted molar refractivity (Wildman–Crippen MR) is 141 cm³/mol. The molecule has 5 aromatic rings. The molecule has 1 aromatic heterocycles. The quantitative estimate of drug-likeness (QED) is 0.339. The molecular weight excluding hydrogens is 472 g/mol. The van der Waals surface area contributed by atoms with Crippen LogP contribution in [0.25, 0.3) is 21.8 Å². The highest BCUT2D eigenvalue weighted by molar-refractivity contribution is 7.89. The van der Waals surface area contributed by atoms with E-state index in [4.69, 9.17) is 0 Å². The molecular formula is C28H26N4O3S. The van der Waals surface area contributed by atoms with Crippen molar-refractivity contribution in [2.24, 2.45) is 7.05 Å². The molecule has 0 aliphatic heterocycles. The summed E-state index contributed by atoms with van der Waals surface area (Å²) < 4.78 is 31.2. The van der Waals surface area contributed by atoms with E-state index in [1.807, 2.05) is 90.5 Å². The standard InChI is InChI=1S/C28H26N4O3S/c1-32-26-14-8-7-13-24(26)30-27(32)19-29-28(33)25(17-20-9-3-2-4-10-20)31-36(34,35)23-16-15-21-11-5-6-12-22(21)18-23/h2-16,18,25,31H,17,19H2,1H3,(H,29,33)/t25-/m0/s1. The first-order chi connectivity index (χ1) is 17.4. The number of fused-ring (bicyclic) bond motifs is 2. The van der Waals surface area contributed by atoms with Gasteiger partial charge in [0.05, 0.1) is 22.5 Å². The van der Waals surface area contributed by atoms with Gasteiger partial charge in [0.15, 0.2) is 0 Å². The minimum atomic E-state index is -3.96. The number of aromatic nitrogens is 2. The number of imidazole rings is 1. The summed E-state index contributed by atoms with van der Waals surface area (Å²) in [7, 11) is -2.07. The molecule has 1 heterocycles. The summed E-state index contributed by atoms with van der Waals surface area (Å²) in [5, 5.41) is 4.63. The number of amides is 1. The number of carbonyl (C=O) groups excluding carboxylic acids is 1. The molecule has 8 heteroatoms. The van der Waals surface area contributed by atoms with E-state index in [9.17, 15) is 13.2 Å². The van der Waals surface area contributed by atoms with Gasteiger partial charge in [0.1, 0.15) is 11.9 Å². The molecule has 2 N–H and O–H groups in total. The Labute approximate surface area is 209 Å². The van der Waals surface area contributed by atoms with Crippen LogP contribution in [-0.2, 0) is 34.8 Å². The van der Waals surface area contributed by atoms with Crippen LogP contribution in [0.15, 0.2) is 102 Å². The van der Waals surface area contributed by atoms with Gasteiger partial charge < -0.3 is 9.88 Å². The second-order valence-electron chi connectivity index (χ2n) is 8.67. The predicted octanol–water partition coefficient (Wildman–Crippen LogP) is 3.93. The van der Waals surface area contributed by atoms with Crippen LogP contribution in [0.1, 0.15) is 11.4 Å². The van der Waals surface area contributed by atoms with Gasteiger partial charge in [0, 0.05) is 7.05 Å². The number of sulfonamides is 1. The van der Waals surface area contributed by atoms with E-state index in [1.165, 1.54) is 0 Å². The molecule has 0 saturated carbocycles. The van der Waals surface area contributed by atoms with Crippen molar-refractivity contribution in [3.63, 3.8) is 0 Å². The number of carbonyl (C=O) groups is 1. The third-order valence-corrected chi connectivity index (χ3v) is 7.70. The first kappa shape index (κ1) is 23.7. The van der Waals surface area contributed by atoms with Gasteiger partial charge in [-0.2, -0.15) is 4.72 Å². The lowest BCUT2D eigenvalue weighted by atomic mass is 10.1. The zero-order chi connectivity index (χ0) is 25.1. The van der Waals surface area contributed by atoms with Crippen LogP contribution in [-0.4, -0.2) is 29.9 Å². The summed E-state index contributed by atoms with van der Waals surface area (Å²) in [6.07, 6.45) is 0.210. The summed E-state index contributed by atoms with van der Waals surface area (Å²) in [6, 6.07) is 28.6. The summed E-state index contributed by atoms with van der Waals surface area (Å²) in [5.74, 6) is 0.260. The van der Waals surface area contributed by atoms with Crippen molar-refractivity contribution in [3.8, 4) is 0 Å². The molecule has 4 aromatic carbocycles. The van der Waals surface area contributed by atoms with Crippen LogP contribution in [0, 0.1) is 0 Å². The smallest absolute Gasteiger partial charge is 0.241 e. The molecule has 0 aliphatic rings. The molecule has 5 rings (SSSR count). The second-order valence-corrected chi connectivity index (χ2v) is 10.4. The molecule has 182 valence electrons. The maximum Gasteiger partial charge on any atom is 0.241 e. The topological polar surface area (TPSA) is 93.1 Å². The molecule has 0 spiro atoms. The van der Waals surface area contributed by atoms with Gasteiger partial charge in [-0.25, -0.2) is 13.4 Å². The molecule has 36 heavy (non-hydrogen) atoms. The van der Waals surface area contributed by atoms with Gasteiger partial charge in [0.2, 0.25) is 15.9 Å². The molecule has 1 atom stereocenters. The number of aryl methyl sites for hydroxylation is 1. The lowest BCUT2D eigenvalue weighted by Crippen LogP contribution is -2.47. The maximum absolute atomic E-state index is 13.3. The minimum absolute atomic E-state index is 0.113. The van der Waals surface area contributed by atoms with Crippen molar-refractivity contribution in [1.82, 2.24) is 19.6 Å². The SMILES string of the molecule is Cn1c(CNC(=O)[C@H](Cc2ccccc2)NS(=O)(=O)c2ccc3ccccc3c2)nc2ccccc21. The lowest BCUT2D eigenvalue weighted by molar-refractivity contribution is -0.122. The van der Waals surface area contributed by atoms with E-state index in [2.05, 4.69) is 15.0 Å². The van der Waals surface area contributed by atoms with Gasteiger partial charge >= 0.3 is 0 Å². The van der Waals surface area contributed by atoms with Crippen LogP contribution in [0.5, 0.6) is 0 Å². The fourth-order valence-corrected chi connectivity index (χ4v) is 5.50. The van der Waals surface area contributed by atoms with Gasteiger partial charge in [-0.3, -0.25) is 4.79 Å². The number of nitrogens with one attached hydrogen (secondary N) is 2. The van der Waals surface area contributed by atoms with Gasteiger partial charge in [-0.15, -0.1) is 0 Å². The Morgan fingerprint density at radius 2 is 1.58 bits per heavy atom. The first-order valence-corrected chi connectivity index (χ1v) is 13.1. The third-order valence-electron chi connectivity index (χ3n) is 6.23. The van der Waals surface area contributed by atoms with E-state index in [1.54, 1.807) is 18.2 Å². The van der Waals surface area contributed by atoms with Crippen LogP contribution in [0.3, 0.4) is 0 Å². The van der Waals surface area contributed by atoms with E-state index in [0.29, 0.717) is 5.82 Å². The van der Waals surface area contributed by atoms with Crippen molar-refractivity contribution in [1.29, 1.82) is 0 Å². The van der Waals surface area contributed by atoms with Crippen molar-refractivity contribution >= 4 is 37.7 Å². The summed E-state index contributed by atoms with van der Waals surface area (Å²) >= 11 is 0.